The van der Waals surface area contributed by atoms with Gasteiger partial charge in [-0.25, -0.2) is 0 Å². The average Bonchev–Trinajstić information content (AvgIpc) is 1.85. The molecule has 1 rings (SSSR count). The summed E-state index contributed by atoms with van der Waals surface area (Å²) >= 11 is -1.21. The van der Waals surface area contributed by atoms with Crippen molar-refractivity contribution in [1.82, 2.24) is 0 Å². The van der Waals surface area contributed by atoms with Crippen LogP contribution in [0.4, 0.5) is 0 Å². The van der Waals surface area contributed by atoms with E-state index in [4.69, 9.17) is 0 Å². The van der Waals surface area contributed by atoms with E-state index in [1.54, 1.807) is 0 Å². The summed E-state index contributed by atoms with van der Waals surface area (Å²) in [5, 5.41) is 1.33. The number of halogens is 1. The van der Waals surface area contributed by atoms with Gasteiger partial charge in [0.1, 0.15) is 0 Å². The van der Waals surface area contributed by atoms with Crippen molar-refractivity contribution in [2.24, 2.45) is 0 Å². The third-order valence-electron chi connectivity index (χ3n) is 1.50. The van der Waals surface area contributed by atoms with Crippen molar-refractivity contribution in [3.63, 3.8) is 0 Å². The summed E-state index contributed by atoms with van der Waals surface area (Å²) in [4.78, 5) is 0. The Morgan fingerprint density at radius 3 is 1.92 bits per heavy atom. The maximum absolute atomic E-state index is 2.44. The van der Waals surface area contributed by atoms with Crippen LogP contribution in [0.3, 0.4) is 0 Å². The Hall–Kier alpha value is 0.258. The quantitative estimate of drug-likeness (QED) is 0.679. The van der Waals surface area contributed by atoms with Crippen LogP contribution in [0.1, 0.15) is 5.56 Å². The fraction of sp³-hybridized carbons (Fsp3) is 0.400. The first-order chi connectivity index (χ1) is 5.08. The van der Waals surface area contributed by atoms with Gasteiger partial charge in [-0.2, -0.15) is 0 Å². The predicted molar refractivity (Wildman–Crippen MR) is 53.5 cm³/mol. The molecule has 0 aliphatic rings. The summed E-state index contributed by atoms with van der Waals surface area (Å²) in [5.74, 6) is 0. The second kappa shape index (κ2) is 5.09. The zero-order valence-corrected chi connectivity index (χ0v) is 11.4. The van der Waals surface area contributed by atoms with Gasteiger partial charge in [0.15, 0.2) is 0 Å². The van der Waals surface area contributed by atoms with Crippen LogP contribution >= 0.6 is 0 Å². The molecule has 0 aliphatic heterocycles. The Morgan fingerprint density at radius 2 is 1.50 bits per heavy atom. The summed E-state index contributed by atoms with van der Waals surface area (Å²) in [5.41, 5.74) is 8.81. The standard InChI is InChI=1S/C10H16As.BrH/c1-11(2,3)9-10-7-5-4-6-8-10;/h4-8H,9H2,1-3H3;1H/q+1;/p-1. The van der Waals surface area contributed by atoms with Gasteiger partial charge in [0.05, 0.1) is 0 Å². The Bertz CT molecular complexity index is 213. The van der Waals surface area contributed by atoms with Crippen LogP contribution in [0.25, 0.3) is 0 Å². The molecule has 0 spiro atoms. The van der Waals surface area contributed by atoms with E-state index < -0.39 is 13.6 Å². The van der Waals surface area contributed by atoms with Crippen LogP contribution < -0.4 is 17.0 Å². The molecule has 0 saturated carbocycles. The molecule has 0 unspecified atom stereocenters. The zero-order chi connectivity index (χ0) is 8.32. The average molecular weight is 291 g/mol. The molecule has 68 valence electrons. The molecular formula is C10H16AsBr. The number of hydrogen-bond donors (Lipinski definition) is 0. The van der Waals surface area contributed by atoms with Crippen LogP contribution in [0, 0.1) is 0 Å². The zero-order valence-electron chi connectivity index (χ0n) is 7.92. The van der Waals surface area contributed by atoms with Gasteiger partial charge in [-0.1, -0.05) is 0 Å². The SMILES string of the molecule is C[As+](C)(C)Cc1ccccc1.[Br-]. The minimum atomic E-state index is -1.21. The molecule has 0 nitrogen and oxygen atoms in total. The topological polar surface area (TPSA) is 0 Å². The fourth-order valence-electron chi connectivity index (χ4n) is 1.13. The molecule has 0 heterocycles. The van der Waals surface area contributed by atoms with Crippen LogP contribution in [-0.4, -0.2) is 13.6 Å². The smallest absolute Gasteiger partial charge is 1.00 e. The summed E-state index contributed by atoms with van der Waals surface area (Å²) in [6, 6.07) is 10.8. The van der Waals surface area contributed by atoms with Crippen molar-refractivity contribution in [1.29, 1.82) is 0 Å². The van der Waals surface area contributed by atoms with E-state index in [-0.39, 0.29) is 17.0 Å². The summed E-state index contributed by atoms with van der Waals surface area (Å²) in [7, 11) is 0. The Morgan fingerprint density at radius 1 is 1.00 bits per heavy atom. The minimum absolute atomic E-state index is 0. The first-order valence-electron chi connectivity index (χ1n) is 3.92. The van der Waals surface area contributed by atoms with Gasteiger partial charge < -0.3 is 17.0 Å². The molecule has 0 amide bonds. The number of benzene rings is 1. The first kappa shape index (κ1) is 12.3. The van der Waals surface area contributed by atoms with Gasteiger partial charge in [0.25, 0.3) is 0 Å². The van der Waals surface area contributed by atoms with E-state index in [1.807, 2.05) is 0 Å². The third-order valence-corrected chi connectivity index (χ3v) is 4.26. The number of hydrogen-bond acceptors (Lipinski definition) is 0. The maximum atomic E-state index is 2.44. The van der Waals surface area contributed by atoms with Crippen LogP contribution in [0.15, 0.2) is 30.3 Å². The Labute approximate surface area is 88.6 Å². The summed E-state index contributed by atoms with van der Waals surface area (Å²) in [6.45, 7) is 0. The van der Waals surface area contributed by atoms with Gasteiger partial charge >= 0.3 is 71.8 Å². The molecule has 0 bridgehead atoms. The van der Waals surface area contributed by atoms with Crippen molar-refractivity contribution in [2.45, 2.75) is 22.3 Å². The molecule has 0 N–H and O–H groups in total. The molecule has 12 heavy (non-hydrogen) atoms. The molecule has 1 aromatic rings. The van der Waals surface area contributed by atoms with E-state index >= 15 is 0 Å². The molecule has 1 aromatic carbocycles. The molecule has 0 atom stereocenters. The van der Waals surface area contributed by atoms with E-state index in [9.17, 15) is 0 Å². The van der Waals surface area contributed by atoms with Crippen LogP contribution in [-0.2, 0) is 5.21 Å². The Balaban J connectivity index is 0.00000121. The van der Waals surface area contributed by atoms with Crippen LogP contribution in [0.5, 0.6) is 0 Å². The van der Waals surface area contributed by atoms with Gasteiger partial charge in [-0.05, 0) is 0 Å². The summed E-state index contributed by atoms with van der Waals surface area (Å²) in [6.07, 6.45) is 0. The van der Waals surface area contributed by atoms with Crippen LogP contribution in [0.2, 0.25) is 17.1 Å². The third kappa shape index (κ3) is 5.00. The van der Waals surface area contributed by atoms with Crippen molar-refractivity contribution in [2.75, 3.05) is 0 Å². The number of rotatable bonds is 2. The fourth-order valence-corrected chi connectivity index (χ4v) is 3.87. The van der Waals surface area contributed by atoms with Gasteiger partial charge in [0, 0.05) is 0 Å². The van der Waals surface area contributed by atoms with Gasteiger partial charge in [-0.15, -0.1) is 0 Å². The molecule has 0 saturated heterocycles. The normalized spacial score (nSPS) is 10.6. The minimum Gasteiger partial charge on any atom is -1.00 e. The predicted octanol–water partition coefficient (Wildman–Crippen LogP) is 0.111. The molecule has 0 aromatic heterocycles. The molecule has 0 fully saturated rings. The van der Waals surface area contributed by atoms with Crippen molar-refractivity contribution < 1.29 is 17.0 Å². The molecule has 2 heteroatoms. The van der Waals surface area contributed by atoms with Crippen molar-refractivity contribution in [3.8, 4) is 0 Å². The van der Waals surface area contributed by atoms with E-state index in [0.717, 1.165) is 0 Å². The van der Waals surface area contributed by atoms with E-state index in [0.29, 0.717) is 0 Å². The Kier molecular flexibility index (Phi) is 5.20. The van der Waals surface area contributed by atoms with Crippen molar-refractivity contribution >= 4 is 13.6 Å². The summed E-state index contributed by atoms with van der Waals surface area (Å²) < 4.78 is 0. The van der Waals surface area contributed by atoms with E-state index in [2.05, 4.69) is 47.5 Å². The van der Waals surface area contributed by atoms with Gasteiger partial charge in [0.2, 0.25) is 0 Å². The van der Waals surface area contributed by atoms with Crippen molar-refractivity contribution in [3.05, 3.63) is 35.9 Å². The molecule has 0 radical (unpaired) electrons. The molecular weight excluding hydrogens is 275 g/mol. The monoisotopic (exact) mass is 290 g/mol. The second-order valence-corrected chi connectivity index (χ2v) is 14.2. The largest absolute Gasteiger partial charge is 1.00 e. The maximum Gasteiger partial charge on any atom is -1.00 e. The van der Waals surface area contributed by atoms with Gasteiger partial charge in [-0.3, -0.25) is 0 Å². The molecule has 0 aliphatic carbocycles. The second-order valence-electron chi connectivity index (χ2n) is 3.93. The first-order valence-corrected chi connectivity index (χ1v) is 10.9. The van der Waals surface area contributed by atoms with E-state index in [1.165, 1.54) is 10.8 Å².